The molecule has 0 aliphatic carbocycles. The number of methoxy groups -OCH3 is 2. The normalized spacial score (nSPS) is 10.4. The molecule has 0 aliphatic heterocycles. The van der Waals surface area contributed by atoms with E-state index in [1.165, 1.54) is 0 Å². The highest BCUT2D eigenvalue weighted by molar-refractivity contribution is 5.72. The second-order valence-corrected chi connectivity index (χ2v) is 4.93. The lowest BCUT2D eigenvalue weighted by Gasteiger charge is -2.10. The Balaban J connectivity index is 2.04. The molecule has 115 valence electrons. The van der Waals surface area contributed by atoms with Gasteiger partial charge in [-0.3, -0.25) is 9.97 Å². The molecule has 3 rings (SSSR count). The van der Waals surface area contributed by atoms with Crippen LogP contribution in [0.1, 0.15) is 5.56 Å². The molecule has 0 N–H and O–H groups in total. The lowest BCUT2D eigenvalue weighted by molar-refractivity contribution is 0.398. The summed E-state index contributed by atoms with van der Waals surface area (Å²) >= 11 is 0. The molecule has 0 unspecified atom stereocenters. The third-order valence-corrected chi connectivity index (χ3v) is 3.51. The van der Waals surface area contributed by atoms with Crippen molar-refractivity contribution < 1.29 is 9.47 Å². The van der Waals surface area contributed by atoms with Gasteiger partial charge in [-0.2, -0.15) is 0 Å². The van der Waals surface area contributed by atoms with Crippen molar-refractivity contribution in [3.63, 3.8) is 0 Å². The van der Waals surface area contributed by atoms with E-state index in [4.69, 9.17) is 9.47 Å². The van der Waals surface area contributed by atoms with Crippen molar-refractivity contribution in [3.8, 4) is 34.0 Å². The van der Waals surface area contributed by atoms with Crippen LogP contribution in [0.2, 0.25) is 0 Å². The highest BCUT2D eigenvalue weighted by Gasteiger charge is 2.11. The Morgan fingerprint density at radius 2 is 1.87 bits per heavy atom. The van der Waals surface area contributed by atoms with Crippen LogP contribution in [0.15, 0.2) is 43.0 Å². The van der Waals surface area contributed by atoms with Crippen molar-refractivity contribution in [1.29, 1.82) is 0 Å². The van der Waals surface area contributed by atoms with Gasteiger partial charge >= 0.3 is 0 Å². The standard InChI is InChI=1S/C18H16N3O2/c1-12-8-14(15-5-6-19-11-16(15)22-2)10-21-18(12)13-4-7-20-17(9-13)23-3/h4-7,9-11H,1-3H3. The van der Waals surface area contributed by atoms with E-state index in [0.717, 1.165) is 27.9 Å². The Kier molecular flexibility index (Phi) is 4.19. The van der Waals surface area contributed by atoms with Gasteiger partial charge in [-0.05, 0) is 30.7 Å². The molecule has 5 heteroatoms. The van der Waals surface area contributed by atoms with E-state index < -0.39 is 0 Å². The summed E-state index contributed by atoms with van der Waals surface area (Å²) in [7, 11) is 3.22. The van der Waals surface area contributed by atoms with E-state index >= 15 is 0 Å². The van der Waals surface area contributed by atoms with E-state index in [9.17, 15) is 0 Å². The molecule has 5 nitrogen and oxygen atoms in total. The van der Waals surface area contributed by atoms with Gasteiger partial charge in [0.1, 0.15) is 5.75 Å². The van der Waals surface area contributed by atoms with E-state index in [1.807, 2.05) is 25.1 Å². The van der Waals surface area contributed by atoms with Gasteiger partial charge in [-0.1, -0.05) is 0 Å². The van der Waals surface area contributed by atoms with Gasteiger partial charge in [0.2, 0.25) is 5.88 Å². The van der Waals surface area contributed by atoms with Crippen molar-refractivity contribution in [1.82, 2.24) is 15.0 Å². The Hall–Kier alpha value is -2.95. The van der Waals surface area contributed by atoms with Crippen LogP contribution < -0.4 is 9.47 Å². The fourth-order valence-electron chi connectivity index (χ4n) is 2.38. The molecule has 1 radical (unpaired) electrons. The topological polar surface area (TPSA) is 57.1 Å². The van der Waals surface area contributed by atoms with Crippen molar-refractivity contribution in [2.24, 2.45) is 0 Å². The zero-order valence-electron chi connectivity index (χ0n) is 13.2. The van der Waals surface area contributed by atoms with Gasteiger partial charge in [-0.25, -0.2) is 4.98 Å². The van der Waals surface area contributed by atoms with E-state index in [0.29, 0.717) is 11.6 Å². The minimum atomic E-state index is 0.559. The molecule has 0 aromatic carbocycles. The molecular formula is C18H16N3O2. The summed E-state index contributed by atoms with van der Waals surface area (Å²) in [6.07, 6.45) is 6.89. The number of ether oxygens (including phenoxy) is 2. The van der Waals surface area contributed by atoms with E-state index in [1.54, 1.807) is 39.0 Å². The average molecular weight is 306 g/mol. The molecule has 0 saturated heterocycles. The lowest BCUT2D eigenvalue weighted by Crippen LogP contribution is -1.94. The van der Waals surface area contributed by atoms with Crippen LogP contribution in [0.5, 0.6) is 11.6 Å². The molecule has 0 fully saturated rings. The molecule has 0 saturated carbocycles. The number of hydrogen-bond donors (Lipinski definition) is 0. The Labute approximate surface area is 135 Å². The zero-order chi connectivity index (χ0) is 16.2. The first kappa shape index (κ1) is 15.0. The van der Waals surface area contributed by atoms with Gasteiger partial charge < -0.3 is 9.47 Å². The molecular weight excluding hydrogens is 290 g/mol. The molecule has 0 spiro atoms. The number of rotatable bonds is 4. The number of aromatic nitrogens is 3. The maximum atomic E-state index is 5.35. The summed E-state index contributed by atoms with van der Waals surface area (Å²) in [6, 6.07) is 9.02. The van der Waals surface area contributed by atoms with Crippen LogP contribution >= 0.6 is 0 Å². The number of aryl methyl sites for hydroxylation is 1. The van der Waals surface area contributed by atoms with Crippen LogP contribution in [0.4, 0.5) is 0 Å². The molecule has 23 heavy (non-hydrogen) atoms. The van der Waals surface area contributed by atoms with Gasteiger partial charge in [0.15, 0.2) is 0 Å². The largest absolute Gasteiger partial charge is 0.494 e. The molecule has 3 heterocycles. The van der Waals surface area contributed by atoms with Crippen molar-refractivity contribution in [2.75, 3.05) is 14.2 Å². The van der Waals surface area contributed by atoms with Gasteiger partial charge in [0, 0.05) is 41.3 Å². The summed E-state index contributed by atoms with van der Waals surface area (Å²) < 4.78 is 10.5. The van der Waals surface area contributed by atoms with Crippen LogP contribution in [0, 0.1) is 13.0 Å². The first-order valence-electron chi connectivity index (χ1n) is 7.10. The quantitative estimate of drug-likeness (QED) is 0.740. The van der Waals surface area contributed by atoms with Gasteiger partial charge in [0.05, 0.1) is 26.1 Å². The predicted molar refractivity (Wildman–Crippen MR) is 87.4 cm³/mol. The van der Waals surface area contributed by atoms with Crippen LogP contribution in [0.3, 0.4) is 0 Å². The Morgan fingerprint density at radius 1 is 1.00 bits per heavy atom. The summed E-state index contributed by atoms with van der Waals surface area (Å²) in [6.45, 7) is 1.98. The molecule has 3 aromatic rings. The zero-order valence-corrected chi connectivity index (χ0v) is 13.2. The molecule has 0 bridgehead atoms. The SMILES string of the molecule is COc1cc(-c2ncc(-c3ccncc3OC)[c]c2C)ccn1. The molecule has 0 aliphatic rings. The van der Waals surface area contributed by atoms with Crippen LogP contribution in [0.25, 0.3) is 22.4 Å². The number of hydrogen-bond acceptors (Lipinski definition) is 5. The van der Waals surface area contributed by atoms with Crippen LogP contribution in [-0.2, 0) is 0 Å². The Morgan fingerprint density at radius 3 is 2.61 bits per heavy atom. The lowest BCUT2D eigenvalue weighted by atomic mass is 10.0. The van der Waals surface area contributed by atoms with Crippen LogP contribution in [-0.4, -0.2) is 29.2 Å². The smallest absolute Gasteiger partial charge is 0.213 e. The summed E-state index contributed by atoms with van der Waals surface area (Å²) in [5.74, 6) is 1.26. The molecule has 3 aromatic heterocycles. The third kappa shape index (κ3) is 2.99. The molecule has 0 atom stereocenters. The first-order valence-corrected chi connectivity index (χ1v) is 7.10. The summed E-state index contributed by atoms with van der Waals surface area (Å²) in [4.78, 5) is 12.8. The fraction of sp³-hybridized carbons (Fsp3) is 0.167. The first-order chi connectivity index (χ1) is 11.2. The minimum Gasteiger partial charge on any atom is -0.494 e. The highest BCUT2D eigenvalue weighted by Crippen LogP contribution is 2.31. The predicted octanol–water partition coefficient (Wildman–Crippen LogP) is 3.33. The summed E-state index contributed by atoms with van der Waals surface area (Å²) in [5.41, 5.74) is 4.51. The van der Waals surface area contributed by atoms with Crippen molar-refractivity contribution >= 4 is 0 Å². The Bertz CT molecular complexity index is 834. The van der Waals surface area contributed by atoms with E-state index in [-0.39, 0.29) is 0 Å². The van der Waals surface area contributed by atoms with Gasteiger partial charge in [-0.15, -0.1) is 0 Å². The van der Waals surface area contributed by atoms with Gasteiger partial charge in [0.25, 0.3) is 0 Å². The third-order valence-electron chi connectivity index (χ3n) is 3.51. The van der Waals surface area contributed by atoms with E-state index in [2.05, 4.69) is 21.0 Å². The monoisotopic (exact) mass is 306 g/mol. The maximum absolute atomic E-state index is 5.35. The summed E-state index contributed by atoms with van der Waals surface area (Å²) in [5, 5.41) is 0. The second kappa shape index (κ2) is 6.44. The maximum Gasteiger partial charge on any atom is 0.213 e. The highest BCUT2D eigenvalue weighted by atomic mass is 16.5. The fourth-order valence-corrected chi connectivity index (χ4v) is 2.38. The number of nitrogens with zero attached hydrogens (tertiary/aromatic N) is 3. The molecule has 0 amide bonds. The minimum absolute atomic E-state index is 0.559. The second-order valence-electron chi connectivity index (χ2n) is 4.93. The van der Waals surface area contributed by atoms with Crippen molar-refractivity contribution in [3.05, 3.63) is 54.6 Å². The average Bonchev–Trinajstić information content (AvgIpc) is 2.61. The van der Waals surface area contributed by atoms with Crippen molar-refractivity contribution in [2.45, 2.75) is 6.92 Å². The number of pyridine rings is 3.